The maximum atomic E-state index is 14.5. The quantitative estimate of drug-likeness (QED) is 0.291. The molecule has 1 saturated heterocycles. The molecule has 49 heavy (non-hydrogen) atoms. The first-order chi connectivity index (χ1) is 22.9. The molecule has 8 nitrogen and oxygen atoms in total. The largest absolute Gasteiger partial charge is 0.481 e. The Hall–Kier alpha value is -2.42. The lowest BCUT2D eigenvalue weighted by molar-refractivity contribution is -0.163. The van der Waals surface area contributed by atoms with Gasteiger partial charge in [0.2, 0.25) is 0 Å². The number of aliphatic hydroxyl groups is 1. The molecule has 0 amide bonds. The second-order valence-corrected chi connectivity index (χ2v) is 16.8. The number of aliphatic carboxylic acids is 1. The number of methoxy groups -OCH3 is 1. The predicted molar refractivity (Wildman–Crippen MR) is 190 cm³/mol. The summed E-state index contributed by atoms with van der Waals surface area (Å²) in [6.45, 7) is 15.6. The average molecular weight is 683 g/mol. The third kappa shape index (κ3) is 8.07. The smallest absolute Gasteiger partial charge is 0.311 e. The minimum Gasteiger partial charge on any atom is -0.481 e. The molecule has 2 aliphatic carbocycles. The fourth-order valence-corrected chi connectivity index (χ4v) is 9.03. The van der Waals surface area contributed by atoms with Crippen LogP contribution in [-0.2, 0) is 28.7 Å². The van der Waals surface area contributed by atoms with Crippen molar-refractivity contribution in [1.82, 2.24) is 0 Å². The number of carbonyl (C=O) groups excluding carboxylic acids is 3. The Labute approximate surface area is 294 Å². The van der Waals surface area contributed by atoms with Gasteiger partial charge in [-0.25, -0.2) is 0 Å². The molecule has 4 rings (SSSR count). The van der Waals surface area contributed by atoms with Crippen molar-refractivity contribution in [2.75, 3.05) is 7.11 Å². The van der Waals surface area contributed by atoms with Gasteiger partial charge in [0.15, 0.2) is 0 Å². The van der Waals surface area contributed by atoms with Gasteiger partial charge in [-0.05, 0) is 83.6 Å². The van der Waals surface area contributed by atoms with Gasteiger partial charge in [0.25, 0.3) is 0 Å². The van der Waals surface area contributed by atoms with Gasteiger partial charge in [0.1, 0.15) is 23.0 Å². The van der Waals surface area contributed by atoms with E-state index in [-0.39, 0.29) is 66.9 Å². The Morgan fingerprint density at radius 1 is 0.980 bits per heavy atom. The van der Waals surface area contributed by atoms with E-state index in [2.05, 4.69) is 0 Å². The highest BCUT2D eigenvalue weighted by atomic mass is 16.6. The fourth-order valence-electron chi connectivity index (χ4n) is 9.03. The van der Waals surface area contributed by atoms with Crippen LogP contribution in [0.15, 0.2) is 34.9 Å². The molecule has 4 aliphatic rings. The molecule has 2 N–H and O–H groups in total. The van der Waals surface area contributed by atoms with Crippen LogP contribution in [0, 0.1) is 40.9 Å². The van der Waals surface area contributed by atoms with Crippen LogP contribution in [-0.4, -0.2) is 64.1 Å². The molecule has 10 atom stereocenters. The van der Waals surface area contributed by atoms with Gasteiger partial charge < -0.3 is 19.7 Å². The first-order valence-corrected chi connectivity index (χ1v) is 18.7. The first kappa shape index (κ1) is 39.4. The first-order valence-electron chi connectivity index (χ1n) is 18.7. The molecule has 8 heteroatoms. The van der Waals surface area contributed by atoms with E-state index >= 15 is 0 Å². The number of carbonyl (C=O) groups is 4. The highest BCUT2D eigenvalue weighted by Crippen LogP contribution is 2.54. The molecule has 2 aliphatic heterocycles. The molecule has 0 radical (unpaired) electrons. The summed E-state index contributed by atoms with van der Waals surface area (Å²) in [6.07, 6.45) is 9.50. The molecule has 2 fully saturated rings. The van der Waals surface area contributed by atoms with E-state index in [0.29, 0.717) is 32.1 Å². The number of hydrogen-bond donors (Lipinski definition) is 2. The molecular formula is C41H62O8. The van der Waals surface area contributed by atoms with Gasteiger partial charge in [-0.3, -0.25) is 19.2 Å². The summed E-state index contributed by atoms with van der Waals surface area (Å²) in [4.78, 5) is 56.5. The van der Waals surface area contributed by atoms with Crippen LogP contribution in [0.2, 0.25) is 0 Å². The highest BCUT2D eigenvalue weighted by molar-refractivity contribution is 5.96. The van der Waals surface area contributed by atoms with Crippen LogP contribution in [0.4, 0.5) is 0 Å². The number of carboxylic acids is 1. The molecular weight excluding hydrogens is 620 g/mol. The molecule has 0 spiro atoms. The summed E-state index contributed by atoms with van der Waals surface area (Å²) in [6, 6.07) is 0. The molecule has 10 unspecified atom stereocenters. The second-order valence-electron chi connectivity index (χ2n) is 16.8. The number of allylic oxidation sites excluding steroid dienone is 5. The molecule has 0 aromatic carbocycles. The van der Waals surface area contributed by atoms with Crippen molar-refractivity contribution >= 4 is 23.3 Å². The molecule has 2 bridgehead atoms. The zero-order valence-corrected chi connectivity index (χ0v) is 31.5. The summed E-state index contributed by atoms with van der Waals surface area (Å²) < 4.78 is 12.6. The zero-order valence-electron chi connectivity index (χ0n) is 31.5. The Kier molecular flexibility index (Phi) is 12.4. The SMILES string of the molecule is COC1(C)C=CC2=C(C)CC3C(=O)CC(C)CCCC(C)C(=O)CC(C(C)C)C(=O)CC3(C(=O)O)C2C=C(C)CCC(O)C2(C)CCC1O2. The summed E-state index contributed by atoms with van der Waals surface area (Å²) >= 11 is 0. The van der Waals surface area contributed by atoms with E-state index in [1.165, 1.54) is 0 Å². The molecule has 0 aromatic heterocycles. The number of ketones is 3. The number of carboxylic acid groups (broad SMARTS) is 1. The van der Waals surface area contributed by atoms with Crippen molar-refractivity contribution < 1.29 is 38.9 Å². The van der Waals surface area contributed by atoms with E-state index in [0.717, 1.165) is 29.6 Å². The summed E-state index contributed by atoms with van der Waals surface area (Å²) in [5, 5.41) is 22.8. The van der Waals surface area contributed by atoms with E-state index in [1.807, 2.05) is 73.6 Å². The van der Waals surface area contributed by atoms with Crippen LogP contribution < -0.4 is 0 Å². The van der Waals surface area contributed by atoms with E-state index in [9.17, 15) is 29.4 Å². The van der Waals surface area contributed by atoms with Crippen LogP contribution in [0.3, 0.4) is 0 Å². The lowest BCUT2D eigenvalue weighted by atomic mass is 9.53. The van der Waals surface area contributed by atoms with Gasteiger partial charge >= 0.3 is 5.97 Å². The second kappa shape index (κ2) is 15.4. The van der Waals surface area contributed by atoms with Gasteiger partial charge in [0, 0.05) is 50.0 Å². The van der Waals surface area contributed by atoms with Crippen molar-refractivity contribution in [3.63, 3.8) is 0 Å². The molecule has 2 heterocycles. The summed E-state index contributed by atoms with van der Waals surface area (Å²) in [7, 11) is 1.63. The highest BCUT2D eigenvalue weighted by Gasteiger charge is 2.58. The fraction of sp³-hybridized carbons (Fsp3) is 0.756. The number of rotatable bonds is 3. The predicted octanol–water partition coefficient (Wildman–Crippen LogP) is 7.62. The third-order valence-corrected chi connectivity index (χ3v) is 12.8. The number of fused-ring (bicyclic) bond motifs is 5. The van der Waals surface area contributed by atoms with Crippen molar-refractivity contribution in [3.05, 3.63) is 34.9 Å². The standard InChI is InChI=1S/C41H62O8/c1-24(2)30-22-33(42)27(5)12-10-11-25(3)20-34(43)32-21-28(6)29-15-17-40(8,48-9)37-16-18-39(7,49-37)36(45)14-13-26(4)19-31(29)41(32,38(46)47)23-35(30)44/h15,17,19,24-25,27,30-32,36-37,45H,10-14,16,18,20-23H2,1-9H3,(H,46,47). The van der Waals surface area contributed by atoms with Crippen molar-refractivity contribution in [3.8, 4) is 0 Å². The van der Waals surface area contributed by atoms with Crippen molar-refractivity contribution in [1.29, 1.82) is 0 Å². The van der Waals surface area contributed by atoms with Crippen LogP contribution in [0.25, 0.3) is 0 Å². The van der Waals surface area contributed by atoms with Crippen LogP contribution >= 0.6 is 0 Å². The zero-order chi connectivity index (χ0) is 36.5. The number of aliphatic hydroxyl groups excluding tert-OH is 1. The molecule has 0 aromatic rings. The Balaban J connectivity index is 1.97. The lowest BCUT2D eigenvalue weighted by Crippen LogP contribution is -2.53. The number of Topliss-reactive ketones (excluding diaryl/α,β-unsaturated/α-hetero) is 3. The van der Waals surface area contributed by atoms with Crippen molar-refractivity contribution in [2.45, 2.75) is 149 Å². The maximum Gasteiger partial charge on any atom is 0.311 e. The van der Waals surface area contributed by atoms with Gasteiger partial charge in [0.05, 0.1) is 23.2 Å². The monoisotopic (exact) mass is 682 g/mol. The summed E-state index contributed by atoms with van der Waals surface area (Å²) in [5.41, 5.74) is -0.820. The molecule has 1 saturated carbocycles. The summed E-state index contributed by atoms with van der Waals surface area (Å²) in [5.74, 6) is -4.22. The Bertz CT molecular complexity index is 1370. The van der Waals surface area contributed by atoms with E-state index in [4.69, 9.17) is 9.47 Å². The topological polar surface area (TPSA) is 127 Å². The minimum absolute atomic E-state index is 0.0203. The molecule has 274 valence electrons. The maximum absolute atomic E-state index is 14.5. The average Bonchev–Trinajstić information content (AvgIpc) is 3.45. The number of hydrogen-bond acceptors (Lipinski definition) is 7. The van der Waals surface area contributed by atoms with Crippen LogP contribution in [0.5, 0.6) is 0 Å². The minimum atomic E-state index is -1.76. The Morgan fingerprint density at radius 3 is 2.31 bits per heavy atom. The van der Waals surface area contributed by atoms with Crippen molar-refractivity contribution in [2.24, 2.45) is 40.9 Å². The van der Waals surface area contributed by atoms with Gasteiger partial charge in [-0.15, -0.1) is 0 Å². The Morgan fingerprint density at radius 2 is 1.67 bits per heavy atom. The lowest BCUT2D eigenvalue weighted by Gasteiger charge is -2.47. The van der Waals surface area contributed by atoms with E-state index in [1.54, 1.807) is 7.11 Å². The number of ether oxygens (including phenoxy) is 2. The van der Waals surface area contributed by atoms with Gasteiger partial charge in [-0.1, -0.05) is 69.9 Å². The van der Waals surface area contributed by atoms with Crippen LogP contribution in [0.1, 0.15) is 126 Å². The normalized spacial score (nSPS) is 40.4. The van der Waals surface area contributed by atoms with E-state index < -0.39 is 46.4 Å². The third-order valence-electron chi connectivity index (χ3n) is 12.8. The van der Waals surface area contributed by atoms with Gasteiger partial charge in [-0.2, -0.15) is 0 Å².